The molecule has 2 rings (SSSR count). The highest BCUT2D eigenvalue weighted by atomic mass is 16.6. The van der Waals surface area contributed by atoms with Gasteiger partial charge in [0.25, 0.3) is 5.69 Å². The number of non-ortho nitro benzene ring substituents is 1. The molecule has 0 spiro atoms. The summed E-state index contributed by atoms with van der Waals surface area (Å²) in [6.45, 7) is 6.03. The summed E-state index contributed by atoms with van der Waals surface area (Å²) in [6, 6.07) is 8.48. The van der Waals surface area contributed by atoms with Gasteiger partial charge in [-0.15, -0.1) is 0 Å². The van der Waals surface area contributed by atoms with E-state index in [0.717, 1.165) is 23.0 Å². The first-order valence-corrected chi connectivity index (χ1v) is 5.75. The topological polar surface area (TPSA) is 56.0 Å². The van der Waals surface area contributed by atoms with Crippen molar-refractivity contribution >= 4 is 16.6 Å². The van der Waals surface area contributed by atoms with Gasteiger partial charge in [-0.2, -0.15) is 0 Å². The van der Waals surface area contributed by atoms with Crippen LogP contribution >= 0.6 is 0 Å². The van der Waals surface area contributed by atoms with Crippen LogP contribution in [0.15, 0.2) is 30.3 Å². The summed E-state index contributed by atoms with van der Waals surface area (Å²) in [6.07, 6.45) is 0.868. The average Bonchev–Trinajstić information content (AvgIpc) is 2.39. The van der Waals surface area contributed by atoms with Crippen molar-refractivity contribution in [3.8, 4) is 0 Å². The highest BCUT2D eigenvalue weighted by Gasteiger charge is 2.06. The molecule has 17 heavy (non-hydrogen) atoms. The first-order chi connectivity index (χ1) is 8.20. The predicted molar refractivity (Wildman–Crippen MR) is 69.1 cm³/mol. The van der Waals surface area contributed by atoms with Crippen LogP contribution in [0.3, 0.4) is 0 Å². The highest BCUT2D eigenvalue weighted by Crippen LogP contribution is 2.19. The Morgan fingerprint density at radius 2 is 1.94 bits per heavy atom. The van der Waals surface area contributed by atoms with Gasteiger partial charge >= 0.3 is 0 Å². The normalized spacial score (nSPS) is 9.59. The molecule has 1 heterocycles. The quantitative estimate of drug-likeness (QED) is 0.585. The van der Waals surface area contributed by atoms with Gasteiger partial charge in [0.1, 0.15) is 0 Å². The second-order valence-corrected chi connectivity index (χ2v) is 3.29. The van der Waals surface area contributed by atoms with Crippen LogP contribution in [-0.2, 0) is 6.42 Å². The Labute approximate surface area is 100 Å². The molecule has 0 aliphatic heterocycles. The van der Waals surface area contributed by atoms with Gasteiger partial charge in [-0.05, 0) is 18.6 Å². The van der Waals surface area contributed by atoms with Crippen LogP contribution in [0.4, 0.5) is 5.69 Å². The van der Waals surface area contributed by atoms with Gasteiger partial charge in [0.05, 0.1) is 10.4 Å². The number of pyridine rings is 1. The molecule has 4 heteroatoms. The fraction of sp³-hybridized carbons (Fsp3) is 0.308. The zero-order valence-electron chi connectivity index (χ0n) is 10.3. The zero-order chi connectivity index (χ0) is 12.8. The predicted octanol–water partition coefficient (Wildman–Crippen LogP) is 3.73. The first-order valence-electron chi connectivity index (χ1n) is 5.75. The number of fused-ring (bicyclic) bond motifs is 1. The van der Waals surface area contributed by atoms with Gasteiger partial charge in [-0.1, -0.05) is 26.8 Å². The van der Waals surface area contributed by atoms with Crippen molar-refractivity contribution < 1.29 is 4.92 Å². The Balaban J connectivity index is 0.000000686. The summed E-state index contributed by atoms with van der Waals surface area (Å²) in [5, 5.41) is 11.4. The monoisotopic (exact) mass is 232 g/mol. The first kappa shape index (κ1) is 13.1. The summed E-state index contributed by atoms with van der Waals surface area (Å²) in [4.78, 5) is 14.5. The summed E-state index contributed by atoms with van der Waals surface area (Å²) in [5.41, 5.74) is 1.91. The molecule has 1 aromatic heterocycles. The van der Waals surface area contributed by atoms with Crippen LogP contribution in [0, 0.1) is 10.1 Å². The Morgan fingerprint density at radius 1 is 1.24 bits per heavy atom. The van der Waals surface area contributed by atoms with Crippen LogP contribution in [0.1, 0.15) is 26.5 Å². The van der Waals surface area contributed by atoms with E-state index < -0.39 is 4.92 Å². The van der Waals surface area contributed by atoms with E-state index in [1.807, 2.05) is 32.9 Å². The molecule has 0 aliphatic rings. The maximum atomic E-state index is 10.6. The molecule has 0 amide bonds. The fourth-order valence-electron chi connectivity index (χ4n) is 1.47. The lowest BCUT2D eigenvalue weighted by Crippen LogP contribution is -1.90. The summed E-state index contributed by atoms with van der Waals surface area (Å²) in [5.74, 6) is 0. The number of rotatable bonds is 2. The number of nitrogens with zero attached hydrogens (tertiary/aromatic N) is 2. The summed E-state index contributed by atoms with van der Waals surface area (Å²) < 4.78 is 0. The Kier molecular flexibility index (Phi) is 4.57. The van der Waals surface area contributed by atoms with Gasteiger partial charge in [0.2, 0.25) is 0 Å². The molecule has 0 bridgehead atoms. The lowest BCUT2D eigenvalue weighted by Gasteiger charge is -1.99. The van der Waals surface area contributed by atoms with Crippen molar-refractivity contribution in [1.82, 2.24) is 4.98 Å². The van der Waals surface area contributed by atoms with Crippen molar-refractivity contribution in [2.45, 2.75) is 27.2 Å². The lowest BCUT2D eigenvalue weighted by molar-refractivity contribution is -0.384. The van der Waals surface area contributed by atoms with E-state index in [9.17, 15) is 10.1 Å². The molecule has 0 radical (unpaired) electrons. The highest BCUT2D eigenvalue weighted by molar-refractivity contribution is 5.81. The van der Waals surface area contributed by atoms with Gasteiger partial charge in [0, 0.05) is 23.2 Å². The van der Waals surface area contributed by atoms with E-state index in [1.165, 1.54) is 6.07 Å². The number of aromatic nitrogens is 1. The second kappa shape index (κ2) is 5.94. The minimum absolute atomic E-state index is 0.105. The van der Waals surface area contributed by atoms with Gasteiger partial charge in [-0.3, -0.25) is 15.1 Å². The molecule has 1 aromatic carbocycles. The van der Waals surface area contributed by atoms with Crippen molar-refractivity contribution in [3.05, 3.63) is 46.1 Å². The smallest absolute Gasteiger partial charge is 0.258 e. The zero-order valence-corrected chi connectivity index (χ0v) is 10.3. The van der Waals surface area contributed by atoms with Crippen LogP contribution < -0.4 is 0 Å². The van der Waals surface area contributed by atoms with Crippen molar-refractivity contribution in [2.75, 3.05) is 0 Å². The third kappa shape index (κ3) is 3.00. The molecular formula is C13H16N2O2. The molecule has 0 saturated carbocycles. The van der Waals surface area contributed by atoms with Crippen LogP contribution in [-0.4, -0.2) is 9.91 Å². The number of hydrogen-bond donors (Lipinski definition) is 0. The average molecular weight is 232 g/mol. The van der Waals surface area contributed by atoms with Crippen molar-refractivity contribution in [1.29, 1.82) is 0 Å². The molecule has 0 fully saturated rings. The van der Waals surface area contributed by atoms with Gasteiger partial charge < -0.3 is 0 Å². The van der Waals surface area contributed by atoms with Crippen LogP contribution in [0.5, 0.6) is 0 Å². The minimum atomic E-state index is -0.396. The van der Waals surface area contributed by atoms with Crippen LogP contribution in [0.25, 0.3) is 10.9 Å². The molecule has 90 valence electrons. The van der Waals surface area contributed by atoms with E-state index in [-0.39, 0.29) is 5.69 Å². The Morgan fingerprint density at radius 3 is 2.53 bits per heavy atom. The number of hydrogen-bond acceptors (Lipinski definition) is 3. The van der Waals surface area contributed by atoms with Gasteiger partial charge in [-0.25, -0.2) is 0 Å². The molecule has 4 nitrogen and oxygen atoms in total. The second-order valence-electron chi connectivity index (χ2n) is 3.29. The fourth-order valence-corrected chi connectivity index (χ4v) is 1.47. The van der Waals surface area contributed by atoms with E-state index in [0.29, 0.717) is 0 Å². The maximum Gasteiger partial charge on any atom is 0.270 e. The number of nitro groups is 1. The molecule has 0 saturated heterocycles. The maximum absolute atomic E-state index is 10.6. The molecular weight excluding hydrogens is 216 g/mol. The third-order valence-corrected chi connectivity index (χ3v) is 2.30. The molecule has 0 atom stereocenters. The van der Waals surface area contributed by atoms with E-state index in [2.05, 4.69) is 4.98 Å². The number of benzene rings is 1. The Hall–Kier alpha value is -1.97. The van der Waals surface area contributed by atoms with Crippen molar-refractivity contribution in [3.63, 3.8) is 0 Å². The minimum Gasteiger partial charge on any atom is -0.258 e. The third-order valence-electron chi connectivity index (χ3n) is 2.30. The molecule has 0 unspecified atom stereocenters. The molecule has 0 aliphatic carbocycles. The summed E-state index contributed by atoms with van der Waals surface area (Å²) >= 11 is 0. The van der Waals surface area contributed by atoms with Gasteiger partial charge in [0.15, 0.2) is 0 Å². The van der Waals surface area contributed by atoms with E-state index >= 15 is 0 Å². The number of aryl methyl sites for hydroxylation is 1. The van der Waals surface area contributed by atoms with E-state index in [1.54, 1.807) is 12.1 Å². The summed E-state index contributed by atoms with van der Waals surface area (Å²) in [7, 11) is 0. The standard InChI is InChI=1S/C11H10N2O2.C2H6/c1-2-9-4-3-8-7-10(13(14)15)5-6-11(8)12-9;1-2/h3-7H,2H2,1H3;1-2H3. The SMILES string of the molecule is CC.CCc1ccc2cc([N+](=O)[O-])ccc2n1. The van der Waals surface area contributed by atoms with E-state index in [4.69, 9.17) is 0 Å². The van der Waals surface area contributed by atoms with Crippen molar-refractivity contribution in [2.24, 2.45) is 0 Å². The van der Waals surface area contributed by atoms with Crippen LogP contribution in [0.2, 0.25) is 0 Å². The molecule has 0 N–H and O–H groups in total. The Bertz CT molecular complexity index is 524. The lowest BCUT2D eigenvalue weighted by atomic mass is 10.1. The number of nitro benzene ring substituents is 1. The largest absolute Gasteiger partial charge is 0.270 e. The molecule has 2 aromatic rings.